The van der Waals surface area contributed by atoms with Crippen molar-refractivity contribution in [3.05, 3.63) is 28.1 Å². The summed E-state index contributed by atoms with van der Waals surface area (Å²) in [5, 5.41) is 10.6. The van der Waals surface area contributed by atoms with Crippen LogP contribution >= 0.6 is 0 Å². The Labute approximate surface area is 111 Å². The van der Waals surface area contributed by atoms with E-state index in [9.17, 15) is 14.9 Å². The fourth-order valence-electron chi connectivity index (χ4n) is 2.11. The van der Waals surface area contributed by atoms with Crippen molar-refractivity contribution in [3.63, 3.8) is 0 Å². The van der Waals surface area contributed by atoms with E-state index in [0.29, 0.717) is 18.3 Å². The van der Waals surface area contributed by atoms with Crippen molar-refractivity contribution in [2.75, 3.05) is 13.1 Å². The van der Waals surface area contributed by atoms with Crippen molar-refractivity contribution >= 4 is 11.5 Å². The number of carbonyl (C=O) groups is 1. The lowest BCUT2D eigenvalue weighted by molar-refractivity contribution is -0.384. The molecule has 1 aliphatic carbocycles. The van der Waals surface area contributed by atoms with E-state index in [-0.39, 0.29) is 11.5 Å². The smallest absolute Gasteiger partial charge is 0.287 e. The second-order valence-corrected chi connectivity index (χ2v) is 5.01. The number of unbranched alkanes of at least 4 members (excludes halogenated alkanes) is 1. The highest BCUT2D eigenvalue weighted by atomic mass is 16.6. The summed E-state index contributed by atoms with van der Waals surface area (Å²) in [6.07, 6.45) is 5.75. The lowest BCUT2D eigenvalue weighted by Crippen LogP contribution is -2.33. The van der Waals surface area contributed by atoms with Gasteiger partial charge in [0, 0.05) is 12.1 Å². The van der Waals surface area contributed by atoms with Gasteiger partial charge in [-0.05, 0) is 25.8 Å². The van der Waals surface area contributed by atoms with Gasteiger partial charge in [-0.25, -0.2) is 0 Å². The maximum atomic E-state index is 12.1. The minimum atomic E-state index is -0.497. The third kappa shape index (κ3) is 3.64. The van der Waals surface area contributed by atoms with Gasteiger partial charge >= 0.3 is 0 Å². The number of hydrogen-bond donors (Lipinski definition) is 1. The molecule has 1 heterocycles. The van der Waals surface area contributed by atoms with E-state index < -0.39 is 4.92 Å². The summed E-state index contributed by atoms with van der Waals surface area (Å²) in [6.45, 7) is 3.40. The average Bonchev–Trinajstić information content (AvgIpc) is 3.09. The molecule has 0 aliphatic heterocycles. The molecule has 6 nitrogen and oxygen atoms in total. The van der Waals surface area contributed by atoms with Gasteiger partial charge < -0.3 is 4.98 Å². The molecule has 0 spiro atoms. The number of aromatic amines is 1. The predicted molar refractivity (Wildman–Crippen MR) is 71.3 cm³/mol. The average molecular weight is 265 g/mol. The predicted octanol–water partition coefficient (Wildman–Crippen LogP) is 2.37. The molecule has 1 aromatic rings. The maximum Gasteiger partial charge on any atom is 0.287 e. The Morgan fingerprint density at radius 1 is 1.58 bits per heavy atom. The van der Waals surface area contributed by atoms with Gasteiger partial charge in [0.1, 0.15) is 0 Å². The van der Waals surface area contributed by atoms with Crippen LogP contribution in [0.15, 0.2) is 12.3 Å². The van der Waals surface area contributed by atoms with Gasteiger partial charge in [-0.15, -0.1) is 0 Å². The van der Waals surface area contributed by atoms with E-state index in [1.54, 1.807) is 0 Å². The molecule has 0 bridgehead atoms. The SMILES string of the molecule is CCCCN(CC(=O)c1cc([N+](=O)[O-])c[nH]1)C1CC1. The van der Waals surface area contributed by atoms with Crippen LogP contribution in [0.2, 0.25) is 0 Å². The first-order valence-corrected chi connectivity index (χ1v) is 6.72. The monoisotopic (exact) mass is 265 g/mol. The molecule has 19 heavy (non-hydrogen) atoms. The Hall–Kier alpha value is -1.69. The Kier molecular flexibility index (Phi) is 4.31. The highest BCUT2D eigenvalue weighted by molar-refractivity contribution is 5.96. The molecule has 1 aliphatic rings. The van der Waals surface area contributed by atoms with Gasteiger partial charge in [-0.1, -0.05) is 13.3 Å². The molecule has 2 rings (SSSR count). The largest absolute Gasteiger partial charge is 0.353 e. The molecule has 0 saturated heterocycles. The third-order valence-electron chi connectivity index (χ3n) is 3.39. The van der Waals surface area contributed by atoms with Crippen LogP contribution in [0.3, 0.4) is 0 Å². The minimum absolute atomic E-state index is 0.0603. The number of H-pyrrole nitrogens is 1. The normalized spacial score (nSPS) is 14.8. The van der Waals surface area contributed by atoms with E-state index >= 15 is 0 Å². The van der Waals surface area contributed by atoms with Crippen molar-refractivity contribution in [2.24, 2.45) is 0 Å². The van der Waals surface area contributed by atoms with Crippen molar-refractivity contribution < 1.29 is 9.72 Å². The molecule has 1 fully saturated rings. The number of hydrogen-bond acceptors (Lipinski definition) is 4. The van der Waals surface area contributed by atoms with Crippen molar-refractivity contribution in [3.8, 4) is 0 Å². The van der Waals surface area contributed by atoms with E-state index in [1.807, 2.05) is 0 Å². The highest BCUT2D eigenvalue weighted by Gasteiger charge is 2.30. The molecule has 6 heteroatoms. The van der Waals surface area contributed by atoms with E-state index in [4.69, 9.17) is 0 Å². The van der Waals surface area contributed by atoms with Gasteiger partial charge in [0.25, 0.3) is 5.69 Å². The van der Waals surface area contributed by atoms with Gasteiger partial charge in [-0.3, -0.25) is 19.8 Å². The quantitative estimate of drug-likeness (QED) is 0.444. The summed E-state index contributed by atoms with van der Waals surface area (Å²) in [5.74, 6) is -0.0731. The molecular formula is C13H19N3O3. The van der Waals surface area contributed by atoms with Crippen LogP contribution in [0.5, 0.6) is 0 Å². The second-order valence-electron chi connectivity index (χ2n) is 5.01. The summed E-state index contributed by atoms with van der Waals surface area (Å²) in [4.78, 5) is 27.1. The topological polar surface area (TPSA) is 79.2 Å². The number of nitro groups is 1. The summed E-state index contributed by atoms with van der Waals surface area (Å²) in [5.41, 5.74) is 0.267. The molecule has 1 aromatic heterocycles. The number of ketones is 1. The summed E-state index contributed by atoms with van der Waals surface area (Å²) >= 11 is 0. The first kappa shape index (κ1) is 13.7. The zero-order chi connectivity index (χ0) is 13.8. The Bertz CT molecular complexity index is 465. The molecule has 0 amide bonds. The third-order valence-corrected chi connectivity index (χ3v) is 3.39. The van der Waals surface area contributed by atoms with Gasteiger partial charge in [0.2, 0.25) is 0 Å². The zero-order valence-electron chi connectivity index (χ0n) is 11.1. The standard InChI is InChI=1S/C13H19N3O3/c1-2-3-6-15(10-4-5-10)9-13(17)12-7-11(8-14-12)16(18)19/h7-8,10,14H,2-6,9H2,1H3. The summed E-state index contributed by atoms with van der Waals surface area (Å²) < 4.78 is 0. The molecule has 104 valence electrons. The minimum Gasteiger partial charge on any atom is -0.353 e. The van der Waals surface area contributed by atoms with Gasteiger partial charge in [-0.2, -0.15) is 0 Å². The molecule has 0 atom stereocenters. The molecule has 0 radical (unpaired) electrons. The lowest BCUT2D eigenvalue weighted by Gasteiger charge is -2.20. The fraction of sp³-hybridized carbons (Fsp3) is 0.615. The fourth-order valence-corrected chi connectivity index (χ4v) is 2.11. The number of Topliss-reactive ketones (excluding diaryl/α,β-unsaturated/α-hetero) is 1. The Balaban J connectivity index is 1.95. The number of nitrogens with zero attached hydrogens (tertiary/aromatic N) is 2. The molecule has 0 aromatic carbocycles. The van der Waals surface area contributed by atoms with Crippen LogP contribution in [-0.2, 0) is 0 Å². The maximum absolute atomic E-state index is 12.1. The molecule has 1 N–H and O–H groups in total. The number of nitrogens with one attached hydrogen (secondary N) is 1. The first-order valence-electron chi connectivity index (χ1n) is 6.72. The molecule has 1 saturated carbocycles. The van der Waals surface area contributed by atoms with Crippen molar-refractivity contribution in [1.82, 2.24) is 9.88 Å². The number of carbonyl (C=O) groups excluding carboxylic acids is 1. The van der Waals surface area contributed by atoms with Crippen molar-refractivity contribution in [1.29, 1.82) is 0 Å². The van der Waals surface area contributed by atoms with Gasteiger partial charge in [0.05, 0.1) is 23.4 Å². The molecule has 0 unspecified atom stereocenters. The Morgan fingerprint density at radius 2 is 2.32 bits per heavy atom. The van der Waals surface area contributed by atoms with Crippen LogP contribution in [0.1, 0.15) is 43.1 Å². The van der Waals surface area contributed by atoms with Crippen LogP contribution in [0.4, 0.5) is 5.69 Å². The second kappa shape index (κ2) is 5.97. The summed E-state index contributed by atoms with van der Waals surface area (Å²) in [7, 11) is 0. The number of aromatic nitrogens is 1. The van der Waals surface area contributed by atoms with Crippen LogP contribution < -0.4 is 0 Å². The van der Waals surface area contributed by atoms with Crippen molar-refractivity contribution in [2.45, 2.75) is 38.6 Å². The first-order chi connectivity index (χ1) is 9.11. The van der Waals surface area contributed by atoms with Gasteiger partial charge in [0.15, 0.2) is 5.78 Å². The highest BCUT2D eigenvalue weighted by Crippen LogP contribution is 2.27. The van der Waals surface area contributed by atoms with E-state index in [0.717, 1.165) is 32.2 Å². The van der Waals surface area contributed by atoms with Crippen LogP contribution in [-0.4, -0.2) is 39.7 Å². The lowest BCUT2D eigenvalue weighted by atomic mass is 10.2. The van der Waals surface area contributed by atoms with E-state index in [2.05, 4.69) is 16.8 Å². The van der Waals surface area contributed by atoms with E-state index in [1.165, 1.54) is 12.3 Å². The van der Waals surface area contributed by atoms with Crippen LogP contribution in [0.25, 0.3) is 0 Å². The molecular weight excluding hydrogens is 246 g/mol. The summed E-state index contributed by atoms with van der Waals surface area (Å²) in [6, 6.07) is 1.84. The Morgan fingerprint density at radius 3 is 2.84 bits per heavy atom. The zero-order valence-corrected chi connectivity index (χ0v) is 11.1. The van der Waals surface area contributed by atoms with Crippen LogP contribution in [0, 0.1) is 10.1 Å². The number of rotatable bonds is 8.